The molecule has 2 atom stereocenters. The second kappa shape index (κ2) is 5.29. The van der Waals surface area contributed by atoms with Gasteiger partial charge in [0.15, 0.2) is 0 Å². The first-order valence-electron chi connectivity index (χ1n) is 4.42. The van der Waals surface area contributed by atoms with Crippen LogP contribution in [-0.2, 0) is 0 Å². The van der Waals surface area contributed by atoms with E-state index in [4.69, 9.17) is 10.00 Å². The second-order valence-corrected chi connectivity index (χ2v) is 2.97. The number of hydrogen-bond acceptors (Lipinski definition) is 5. The fourth-order valence-corrected chi connectivity index (χ4v) is 1.18. The van der Waals surface area contributed by atoms with Crippen molar-refractivity contribution in [2.24, 2.45) is 0 Å². The Morgan fingerprint density at radius 3 is 2.93 bits per heavy atom. The highest BCUT2D eigenvalue weighted by Gasteiger charge is 2.22. The summed E-state index contributed by atoms with van der Waals surface area (Å²) >= 11 is 0. The summed E-state index contributed by atoms with van der Waals surface area (Å²) in [5, 5.41) is 27.5. The monoisotopic (exact) mass is 208 g/mol. The molecular weight excluding hydrogens is 196 g/mol. The van der Waals surface area contributed by atoms with Gasteiger partial charge in [0.05, 0.1) is 25.7 Å². The van der Waals surface area contributed by atoms with Gasteiger partial charge in [0, 0.05) is 6.20 Å². The lowest BCUT2D eigenvalue weighted by Gasteiger charge is -2.16. The van der Waals surface area contributed by atoms with E-state index < -0.39 is 12.2 Å². The molecule has 5 heteroatoms. The Bertz CT molecular complexity index is 362. The van der Waals surface area contributed by atoms with Crippen LogP contribution in [0.1, 0.15) is 18.2 Å². The van der Waals surface area contributed by atoms with Crippen LogP contribution in [0.5, 0.6) is 5.75 Å². The van der Waals surface area contributed by atoms with Crippen LogP contribution < -0.4 is 4.74 Å². The van der Waals surface area contributed by atoms with E-state index in [2.05, 4.69) is 4.98 Å². The number of ether oxygens (including phenoxy) is 1. The molecule has 0 aliphatic carbocycles. The maximum atomic E-state index is 9.69. The van der Waals surface area contributed by atoms with Gasteiger partial charge in [0.1, 0.15) is 17.5 Å². The van der Waals surface area contributed by atoms with Crippen molar-refractivity contribution >= 4 is 0 Å². The first kappa shape index (κ1) is 11.4. The van der Waals surface area contributed by atoms with E-state index in [9.17, 15) is 10.2 Å². The molecule has 1 aromatic heterocycles. The summed E-state index contributed by atoms with van der Waals surface area (Å²) in [6.07, 6.45) is -1.03. The smallest absolute Gasteiger partial charge is 0.143 e. The summed E-state index contributed by atoms with van der Waals surface area (Å²) in [5.74, 6) is 0.391. The number of nitrogens with zero attached hydrogens (tertiary/aromatic N) is 2. The van der Waals surface area contributed by atoms with Gasteiger partial charge in [0.2, 0.25) is 0 Å². The van der Waals surface area contributed by atoms with Crippen LogP contribution in [0.15, 0.2) is 18.3 Å². The molecule has 0 saturated carbocycles. The molecule has 15 heavy (non-hydrogen) atoms. The summed E-state index contributed by atoms with van der Waals surface area (Å²) in [6, 6.07) is 5.07. The molecule has 1 heterocycles. The van der Waals surface area contributed by atoms with E-state index >= 15 is 0 Å². The van der Waals surface area contributed by atoms with Crippen molar-refractivity contribution in [3.8, 4) is 11.8 Å². The normalized spacial score (nSPS) is 14.0. The predicted molar refractivity (Wildman–Crippen MR) is 52.0 cm³/mol. The minimum atomic E-state index is -1.21. The standard InChI is InChI=1S/C10H12N2O3/c1-15-8-3-2-6-12-9(8)10(14)7(13)4-5-11/h2-3,6-7,10,13-14H,4H2,1H3. The average Bonchev–Trinajstić information content (AvgIpc) is 2.28. The summed E-state index contributed by atoms with van der Waals surface area (Å²) < 4.78 is 4.98. The van der Waals surface area contributed by atoms with Gasteiger partial charge in [-0.1, -0.05) is 0 Å². The molecule has 0 aromatic carbocycles. The number of rotatable bonds is 4. The average molecular weight is 208 g/mol. The van der Waals surface area contributed by atoms with Gasteiger partial charge >= 0.3 is 0 Å². The molecule has 0 amide bonds. The fraction of sp³-hybridized carbons (Fsp3) is 0.400. The van der Waals surface area contributed by atoms with Crippen molar-refractivity contribution in [2.45, 2.75) is 18.6 Å². The van der Waals surface area contributed by atoms with Crippen LogP contribution in [0.25, 0.3) is 0 Å². The summed E-state index contributed by atoms with van der Waals surface area (Å²) in [6.45, 7) is 0. The minimum absolute atomic E-state index is 0.152. The molecule has 0 saturated heterocycles. The number of pyridine rings is 1. The zero-order valence-electron chi connectivity index (χ0n) is 8.29. The van der Waals surface area contributed by atoms with Gasteiger partial charge < -0.3 is 14.9 Å². The largest absolute Gasteiger partial charge is 0.495 e. The third kappa shape index (κ3) is 2.65. The van der Waals surface area contributed by atoms with Crippen LogP contribution >= 0.6 is 0 Å². The van der Waals surface area contributed by atoms with Crippen molar-refractivity contribution in [2.75, 3.05) is 7.11 Å². The molecule has 0 aliphatic rings. The van der Waals surface area contributed by atoms with Crippen molar-refractivity contribution in [3.63, 3.8) is 0 Å². The zero-order chi connectivity index (χ0) is 11.3. The molecule has 1 aromatic rings. The third-order valence-corrected chi connectivity index (χ3v) is 1.96. The topological polar surface area (TPSA) is 86.4 Å². The van der Waals surface area contributed by atoms with Crippen LogP contribution in [0.2, 0.25) is 0 Å². The number of hydrogen-bond donors (Lipinski definition) is 2. The van der Waals surface area contributed by atoms with Crippen molar-refractivity contribution in [1.82, 2.24) is 4.98 Å². The van der Waals surface area contributed by atoms with E-state index in [0.29, 0.717) is 5.75 Å². The first-order chi connectivity index (χ1) is 7.20. The molecule has 0 aliphatic heterocycles. The van der Waals surface area contributed by atoms with Crippen LogP contribution in [-0.4, -0.2) is 28.4 Å². The van der Waals surface area contributed by atoms with E-state index in [-0.39, 0.29) is 12.1 Å². The van der Waals surface area contributed by atoms with E-state index in [1.807, 2.05) is 0 Å². The summed E-state index contributed by atoms with van der Waals surface area (Å²) in [7, 11) is 1.45. The number of methoxy groups -OCH3 is 1. The summed E-state index contributed by atoms with van der Waals surface area (Å²) in [5.41, 5.74) is 0.239. The van der Waals surface area contributed by atoms with E-state index in [1.54, 1.807) is 18.2 Å². The first-order valence-corrected chi connectivity index (χ1v) is 4.42. The highest BCUT2D eigenvalue weighted by Crippen LogP contribution is 2.25. The molecule has 80 valence electrons. The maximum Gasteiger partial charge on any atom is 0.143 e. The highest BCUT2D eigenvalue weighted by molar-refractivity contribution is 5.29. The van der Waals surface area contributed by atoms with Gasteiger partial charge in [-0.15, -0.1) is 0 Å². The van der Waals surface area contributed by atoms with Crippen molar-refractivity contribution < 1.29 is 14.9 Å². The minimum Gasteiger partial charge on any atom is -0.495 e. The van der Waals surface area contributed by atoms with Crippen LogP contribution in [0.3, 0.4) is 0 Å². The lowest BCUT2D eigenvalue weighted by Crippen LogP contribution is -2.19. The van der Waals surface area contributed by atoms with Crippen molar-refractivity contribution in [1.29, 1.82) is 5.26 Å². The number of aliphatic hydroxyl groups is 2. The Morgan fingerprint density at radius 1 is 1.60 bits per heavy atom. The molecule has 2 unspecified atom stereocenters. The summed E-state index contributed by atoms with van der Waals surface area (Å²) in [4.78, 5) is 3.91. The van der Waals surface area contributed by atoms with E-state index in [0.717, 1.165) is 0 Å². The quantitative estimate of drug-likeness (QED) is 0.747. The van der Waals surface area contributed by atoms with Crippen LogP contribution in [0.4, 0.5) is 0 Å². The van der Waals surface area contributed by atoms with Gasteiger partial charge in [0.25, 0.3) is 0 Å². The van der Waals surface area contributed by atoms with Crippen molar-refractivity contribution in [3.05, 3.63) is 24.0 Å². The molecule has 2 N–H and O–H groups in total. The number of aromatic nitrogens is 1. The highest BCUT2D eigenvalue weighted by atomic mass is 16.5. The predicted octanol–water partition coefficient (Wildman–Crippen LogP) is 0.398. The maximum absolute atomic E-state index is 9.69. The molecule has 0 spiro atoms. The van der Waals surface area contributed by atoms with Gasteiger partial charge in [-0.05, 0) is 12.1 Å². The molecular formula is C10H12N2O3. The van der Waals surface area contributed by atoms with Gasteiger partial charge in [-0.3, -0.25) is 4.98 Å². The lowest BCUT2D eigenvalue weighted by molar-refractivity contribution is 0.0175. The molecule has 5 nitrogen and oxygen atoms in total. The SMILES string of the molecule is COc1cccnc1C(O)C(O)CC#N. The number of aliphatic hydroxyl groups excluding tert-OH is 2. The van der Waals surface area contributed by atoms with Crippen LogP contribution in [0, 0.1) is 11.3 Å². The Balaban J connectivity index is 2.90. The Kier molecular flexibility index (Phi) is 4.03. The molecule has 0 radical (unpaired) electrons. The van der Waals surface area contributed by atoms with Gasteiger partial charge in [-0.2, -0.15) is 5.26 Å². The second-order valence-electron chi connectivity index (χ2n) is 2.97. The Hall–Kier alpha value is -1.64. The zero-order valence-corrected chi connectivity index (χ0v) is 8.29. The fourth-order valence-electron chi connectivity index (χ4n) is 1.18. The Labute approximate surface area is 87.6 Å². The Morgan fingerprint density at radius 2 is 2.33 bits per heavy atom. The molecule has 0 fully saturated rings. The number of nitriles is 1. The molecule has 1 rings (SSSR count). The molecule has 0 bridgehead atoms. The van der Waals surface area contributed by atoms with E-state index in [1.165, 1.54) is 13.3 Å². The third-order valence-electron chi connectivity index (χ3n) is 1.96. The lowest BCUT2D eigenvalue weighted by atomic mass is 10.1. The van der Waals surface area contributed by atoms with Gasteiger partial charge in [-0.25, -0.2) is 0 Å².